The lowest BCUT2D eigenvalue weighted by Gasteiger charge is -2.55. The topological polar surface area (TPSA) is 119 Å². The van der Waals surface area contributed by atoms with Crippen LogP contribution >= 0.6 is 0 Å². The molecule has 3 fully saturated rings. The molecule has 21 heavy (non-hydrogen) atoms. The van der Waals surface area contributed by atoms with Gasteiger partial charge in [0.2, 0.25) is 5.91 Å². The molecule has 4 N–H and O–H groups in total. The molecule has 0 saturated carbocycles. The smallest absolute Gasteiger partial charge is 0.326 e. The van der Waals surface area contributed by atoms with Gasteiger partial charge in [-0.1, -0.05) is 6.92 Å². The lowest BCUT2D eigenvalue weighted by molar-refractivity contribution is -0.232. The van der Waals surface area contributed by atoms with Crippen LogP contribution in [0.15, 0.2) is 0 Å². The summed E-state index contributed by atoms with van der Waals surface area (Å²) in [5.74, 6) is -1.64. The predicted molar refractivity (Wildman–Crippen MR) is 68.8 cm³/mol. The molecule has 118 valence electrons. The summed E-state index contributed by atoms with van der Waals surface area (Å²) in [7, 11) is 0. The quantitative estimate of drug-likeness (QED) is 0.456. The van der Waals surface area contributed by atoms with Crippen LogP contribution in [-0.2, 0) is 9.53 Å². The fourth-order valence-electron chi connectivity index (χ4n) is 3.82. The standard InChI is InChI=1S/C13H20N2O6/c1-5-9-6(3-16)2-7-10(18)8(17)4-21-12(7)15(9)13(20)14-11(5)19/h5-10,12,16-18H,2-4H2,1H3,(H,14,19,20)/t5-,6-,7+,8-,9-,10-,12-/m1/s1. The molecule has 0 aromatic heterocycles. The van der Waals surface area contributed by atoms with Crippen LogP contribution in [0.2, 0.25) is 0 Å². The average Bonchev–Trinajstić information content (AvgIpc) is 2.47. The number of urea groups is 1. The summed E-state index contributed by atoms with van der Waals surface area (Å²) in [5, 5.41) is 31.7. The van der Waals surface area contributed by atoms with Crippen LogP contribution in [0.5, 0.6) is 0 Å². The molecule has 3 aliphatic heterocycles. The van der Waals surface area contributed by atoms with Gasteiger partial charge in [0.1, 0.15) is 12.3 Å². The van der Waals surface area contributed by atoms with Crippen molar-refractivity contribution in [2.75, 3.05) is 13.2 Å². The number of imide groups is 1. The second kappa shape index (κ2) is 5.20. The zero-order valence-electron chi connectivity index (χ0n) is 11.7. The third kappa shape index (κ3) is 2.13. The Morgan fingerprint density at radius 1 is 1.38 bits per heavy atom. The number of hydrogen-bond acceptors (Lipinski definition) is 6. The van der Waals surface area contributed by atoms with E-state index in [-0.39, 0.29) is 25.0 Å². The number of aliphatic hydroxyl groups excluding tert-OH is 3. The normalized spacial score (nSPS) is 46.7. The van der Waals surface area contributed by atoms with E-state index in [2.05, 4.69) is 5.32 Å². The molecule has 0 aliphatic carbocycles. The van der Waals surface area contributed by atoms with Gasteiger partial charge in [-0.3, -0.25) is 15.0 Å². The second-order valence-corrected chi connectivity index (χ2v) is 6.10. The van der Waals surface area contributed by atoms with Crippen molar-refractivity contribution in [3.63, 3.8) is 0 Å². The first-order valence-electron chi connectivity index (χ1n) is 7.17. The highest BCUT2D eigenvalue weighted by Gasteiger charge is 2.55. The molecule has 0 radical (unpaired) electrons. The molecular weight excluding hydrogens is 280 g/mol. The highest BCUT2D eigenvalue weighted by Crippen LogP contribution is 2.41. The number of carbonyl (C=O) groups is 2. The number of nitrogens with one attached hydrogen (secondary N) is 1. The van der Waals surface area contributed by atoms with Crippen molar-refractivity contribution in [3.05, 3.63) is 0 Å². The SMILES string of the molecule is C[C@H]1C(=O)NC(=O)N2[C@H]1[C@@H](CO)C[C@H]1[C@@H](O)[C@H](O)CO[C@H]12. The highest BCUT2D eigenvalue weighted by molar-refractivity contribution is 5.98. The molecule has 0 aromatic carbocycles. The molecule has 8 nitrogen and oxygen atoms in total. The Bertz CT molecular complexity index is 458. The average molecular weight is 300 g/mol. The molecule has 3 amide bonds. The molecule has 3 saturated heterocycles. The maximum atomic E-state index is 12.2. The van der Waals surface area contributed by atoms with E-state index in [1.807, 2.05) is 0 Å². The monoisotopic (exact) mass is 300 g/mol. The van der Waals surface area contributed by atoms with Crippen LogP contribution in [0.25, 0.3) is 0 Å². The summed E-state index contributed by atoms with van der Waals surface area (Å²) in [4.78, 5) is 25.4. The number of fused-ring (bicyclic) bond motifs is 3. The molecule has 3 heterocycles. The Kier molecular flexibility index (Phi) is 3.64. The number of hydrogen-bond donors (Lipinski definition) is 4. The molecule has 7 atom stereocenters. The lowest BCUT2D eigenvalue weighted by atomic mass is 9.73. The fraction of sp³-hybridized carbons (Fsp3) is 0.846. The van der Waals surface area contributed by atoms with E-state index >= 15 is 0 Å². The maximum Gasteiger partial charge on any atom is 0.326 e. The van der Waals surface area contributed by atoms with Crippen LogP contribution in [0.4, 0.5) is 4.79 Å². The van der Waals surface area contributed by atoms with Crippen LogP contribution in [0.3, 0.4) is 0 Å². The Hall–Kier alpha value is -1.22. The minimum Gasteiger partial charge on any atom is -0.396 e. The van der Waals surface area contributed by atoms with Crippen LogP contribution in [0, 0.1) is 17.8 Å². The molecule has 0 aromatic rings. The summed E-state index contributed by atoms with van der Waals surface area (Å²) in [6.07, 6.45) is -2.31. The summed E-state index contributed by atoms with van der Waals surface area (Å²) >= 11 is 0. The van der Waals surface area contributed by atoms with E-state index in [1.54, 1.807) is 6.92 Å². The summed E-state index contributed by atoms with van der Waals surface area (Å²) in [6, 6.07) is -1.03. The molecule has 0 unspecified atom stereocenters. The first-order valence-corrected chi connectivity index (χ1v) is 7.17. The Morgan fingerprint density at radius 3 is 2.76 bits per heavy atom. The number of carbonyl (C=O) groups excluding carboxylic acids is 2. The summed E-state index contributed by atoms with van der Waals surface area (Å²) in [5.41, 5.74) is 0. The Labute approximate surface area is 121 Å². The van der Waals surface area contributed by atoms with Crippen molar-refractivity contribution in [2.24, 2.45) is 17.8 Å². The van der Waals surface area contributed by atoms with Gasteiger partial charge >= 0.3 is 6.03 Å². The van der Waals surface area contributed by atoms with Crippen molar-refractivity contribution in [1.82, 2.24) is 10.2 Å². The molecular formula is C13H20N2O6. The number of amides is 3. The molecule has 0 bridgehead atoms. The fourth-order valence-corrected chi connectivity index (χ4v) is 3.82. The first kappa shape index (κ1) is 14.7. The summed E-state index contributed by atoms with van der Waals surface area (Å²) in [6.45, 7) is 1.44. The number of ether oxygens (including phenoxy) is 1. The highest BCUT2D eigenvalue weighted by atomic mass is 16.5. The minimum absolute atomic E-state index is 0.0645. The van der Waals surface area contributed by atoms with Gasteiger partial charge in [0.15, 0.2) is 0 Å². The minimum atomic E-state index is -1.01. The van der Waals surface area contributed by atoms with Gasteiger partial charge in [0, 0.05) is 18.4 Å². The first-order chi connectivity index (χ1) is 9.95. The predicted octanol–water partition coefficient (Wildman–Crippen LogP) is -1.75. The zero-order chi connectivity index (χ0) is 15.3. The van der Waals surface area contributed by atoms with Gasteiger partial charge in [-0.2, -0.15) is 0 Å². The Morgan fingerprint density at radius 2 is 2.10 bits per heavy atom. The van der Waals surface area contributed by atoms with Crippen molar-refractivity contribution in [3.8, 4) is 0 Å². The van der Waals surface area contributed by atoms with Crippen LogP contribution < -0.4 is 5.32 Å². The van der Waals surface area contributed by atoms with Crippen molar-refractivity contribution < 1.29 is 29.6 Å². The van der Waals surface area contributed by atoms with Crippen LogP contribution in [0.1, 0.15) is 13.3 Å². The van der Waals surface area contributed by atoms with E-state index in [4.69, 9.17) is 4.74 Å². The number of rotatable bonds is 1. The van der Waals surface area contributed by atoms with Gasteiger partial charge < -0.3 is 20.1 Å². The van der Waals surface area contributed by atoms with Gasteiger partial charge in [0.05, 0.1) is 24.7 Å². The van der Waals surface area contributed by atoms with Crippen molar-refractivity contribution >= 4 is 11.9 Å². The lowest BCUT2D eigenvalue weighted by Crippen LogP contribution is -2.72. The number of nitrogens with zero attached hydrogens (tertiary/aromatic N) is 1. The van der Waals surface area contributed by atoms with E-state index in [0.717, 1.165) is 0 Å². The molecule has 0 spiro atoms. The summed E-state index contributed by atoms with van der Waals surface area (Å²) < 4.78 is 5.54. The van der Waals surface area contributed by atoms with Crippen molar-refractivity contribution in [2.45, 2.75) is 37.8 Å². The Balaban J connectivity index is 1.96. The van der Waals surface area contributed by atoms with Gasteiger partial charge in [-0.25, -0.2) is 4.79 Å². The molecule has 3 rings (SSSR count). The molecule has 3 aliphatic rings. The van der Waals surface area contributed by atoms with Crippen LogP contribution in [-0.4, -0.2) is 69.8 Å². The van der Waals surface area contributed by atoms with E-state index in [9.17, 15) is 24.9 Å². The van der Waals surface area contributed by atoms with E-state index in [0.29, 0.717) is 6.42 Å². The van der Waals surface area contributed by atoms with Crippen molar-refractivity contribution in [1.29, 1.82) is 0 Å². The maximum absolute atomic E-state index is 12.2. The number of piperidine rings is 1. The zero-order valence-corrected chi connectivity index (χ0v) is 11.7. The van der Waals surface area contributed by atoms with Gasteiger partial charge in [0.25, 0.3) is 0 Å². The largest absolute Gasteiger partial charge is 0.396 e. The third-order valence-electron chi connectivity index (χ3n) is 4.92. The van der Waals surface area contributed by atoms with E-state index < -0.39 is 42.3 Å². The van der Waals surface area contributed by atoms with Gasteiger partial charge in [-0.05, 0) is 6.42 Å². The van der Waals surface area contributed by atoms with Gasteiger partial charge in [-0.15, -0.1) is 0 Å². The second-order valence-electron chi connectivity index (χ2n) is 6.10. The molecule has 8 heteroatoms. The third-order valence-corrected chi connectivity index (χ3v) is 4.92. The van der Waals surface area contributed by atoms with E-state index in [1.165, 1.54) is 4.90 Å². The number of aliphatic hydroxyl groups is 3.